The molecule has 94 valence electrons. The molecule has 1 atom stereocenters. The number of halogens is 1. The Morgan fingerprint density at radius 2 is 2.29 bits per heavy atom. The third-order valence-corrected chi connectivity index (χ3v) is 4.58. The summed E-state index contributed by atoms with van der Waals surface area (Å²) in [7, 11) is 4.01. The van der Waals surface area contributed by atoms with Crippen LogP contribution in [0.25, 0.3) is 0 Å². The fourth-order valence-corrected chi connectivity index (χ4v) is 3.62. The van der Waals surface area contributed by atoms with Crippen molar-refractivity contribution in [3.8, 4) is 0 Å². The molecule has 1 aliphatic rings. The van der Waals surface area contributed by atoms with Crippen LogP contribution in [0.3, 0.4) is 0 Å². The number of anilines is 2. The zero-order valence-electron chi connectivity index (χ0n) is 10.4. The summed E-state index contributed by atoms with van der Waals surface area (Å²) in [5.41, 5.74) is 2.19. The predicted octanol–water partition coefficient (Wildman–Crippen LogP) is 3.57. The Morgan fingerprint density at radius 3 is 2.88 bits per heavy atom. The van der Waals surface area contributed by atoms with E-state index in [9.17, 15) is 0 Å². The molecule has 0 amide bonds. The third kappa shape index (κ3) is 3.46. The van der Waals surface area contributed by atoms with Gasteiger partial charge in [0.2, 0.25) is 0 Å². The lowest BCUT2D eigenvalue weighted by molar-refractivity contribution is 0.632. The van der Waals surface area contributed by atoms with Crippen LogP contribution in [0.4, 0.5) is 11.4 Å². The molecule has 1 aromatic carbocycles. The summed E-state index contributed by atoms with van der Waals surface area (Å²) in [6, 6.07) is 6.18. The number of hydrogen-bond acceptors (Lipinski definition) is 3. The maximum Gasteiger partial charge on any atom is 0.0659 e. The lowest BCUT2D eigenvalue weighted by atomic mass is 10.1. The minimum absolute atomic E-state index is 0.806. The van der Waals surface area contributed by atoms with Gasteiger partial charge in [-0.15, -0.1) is 0 Å². The van der Waals surface area contributed by atoms with Gasteiger partial charge in [0.1, 0.15) is 0 Å². The zero-order chi connectivity index (χ0) is 12.3. The highest BCUT2D eigenvalue weighted by molar-refractivity contribution is 7.99. The SMILES string of the molecule is CN(C)c1ccc(NCC2CCSC2)cc1Cl. The van der Waals surface area contributed by atoms with E-state index in [2.05, 4.69) is 29.2 Å². The van der Waals surface area contributed by atoms with Gasteiger partial charge < -0.3 is 10.2 Å². The molecular weight excluding hydrogens is 252 g/mol. The topological polar surface area (TPSA) is 15.3 Å². The second kappa shape index (κ2) is 5.87. The molecule has 0 radical (unpaired) electrons. The predicted molar refractivity (Wildman–Crippen MR) is 79.7 cm³/mol. The van der Waals surface area contributed by atoms with E-state index in [-0.39, 0.29) is 0 Å². The molecule has 1 N–H and O–H groups in total. The van der Waals surface area contributed by atoms with Crippen LogP contribution >= 0.6 is 23.4 Å². The summed E-state index contributed by atoms with van der Waals surface area (Å²) in [5.74, 6) is 3.41. The molecular formula is C13H19ClN2S. The summed E-state index contributed by atoms with van der Waals surface area (Å²) in [5, 5.41) is 4.28. The van der Waals surface area contributed by atoms with Crippen LogP contribution < -0.4 is 10.2 Å². The van der Waals surface area contributed by atoms with Gasteiger partial charge in [-0.25, -0.2) is 0 Å². The first-order valence-corrected chi connectivity index (χ1v) is 7.48. The van der Waals surface area contributed by atoms with Crippen LogP contribution in [0.2, 0.25) is 5.02 Å². The summed E-state index contributed by atoms with van der Waals surface area (Å²) in [6.45, 7) is 1.06. The van der Waals surface area contributed by atoms with Gasteiger partial charge in [-0.3, -0.25) is 0 Å². The molecule has 2 rings (SSSR count). The van der Waals surface area contributed by atoms with E-state index < -0.39 is 0 Å². The summed E-state index contributed by atoms with van der Waals surface area (Å²) in [6.07, 6.45) is 1.33. The Labute approximate surface area is 113 Å². The number of hydrogen-bond donors (Lipinski definition) is 1. The lowest BCUT2D eigenvalue weighted by Crippen LogP contribution is -2.14. The molecule has 1 heterocycles. The van der Waals surface area contributed by atoms with Crippen molar-refractivity contribution in [3.63, 3.8) is 0 Å². The van der Waals surface area contributed by atoms with Gasteiger partial charge in [0.05, 0.1) is 10.7 Å². The molecule has 0 bridgehead atoms. The van der Waals surface area contributed by atoms with E-state index >= 15 is 0 Å². The van der Waals surface area contributed by atoms with Crippen LogP contribution in [0.15, 0.2) is 18.2 Å². The number of nitrogens with zero attached hydrogens (tertiary/aromatic N) is 1. The van der Waals surface area contributed by atoms with Gasteiger partial charge >= 0.3 is 0 Å². The van der Waals surface area contributed by atoms with Crippen LogP contribution in [0.1, 0.15) is 6.42 Å². The molecule has 1 aliphatic heterocycles. The molecule has 1 aromatic rings. The smallest absolute Gasteiger partial charge is 0.0659 e. The molecule has 1 saturated heterocycles. The number of thioether (sulfide) groups is 1. The van der Waals surface area contributed by atoms with E-state index in [0.717, 1.165) is 28.9 Å². The molecule has 17 heavy (non-hydrogen) atoms. The maximum absolute atomic E-state index is 6.23. The van der Waals surface area contributed by atoms with Crippen LogP contribution in [0, 0.1) is 5.92 Å². The Morgan fingerprint density at radius 1 is 1.47 bits per heavy atom. The standard InChI is InChI=1S/C13H19ClN2S/c1-16(2)13-4-3-11(7-12(13)14)15-8-10-5-6-17-9-10/h3-4,7,10,15H,5-6,8-9H2,1-2H3. The Kier molecular flexibility index (Phi) is 4.46. The normalized spacial score (nSPS) is 19.4. The first-order valence-electron chi connectivity index (χ1n) is 5.95. The second-order valence-electron chi connectivity index (χ2n) is 4.67. The largest absolute Gasteiger partial charge is 0.385 e. The van der Waals surface area contributed by atoms with Gasteiger partial charge in [0, 0.05) is 26.3 Å². The van der Waals surface area contributed by atoms with E-state index in [1.165, 1.54) is 17.9 Å². The average Bonchev–Trinajstić information content (AvgIpc) is 2.78. The Balaban J connectivity index is 1.94. The van der Waals surface area contributed by atoms with E-state index in [1.807, 2.05) is 25.1 Å². The maximum atomic E-state index is 6.23. The Hall–Kier alpha value is -0.540. The van der Waals surface area contributed by atoms with Crippen molar-refractivity contribution in [1.82, 2.24) is 0 Å². The summed E-state index contributed by atoms with van der Waals surface area (Å²) in [4.78, 5) is 2.03. The van der Waals surface area contributed by atoms with Crippen molar-refractivity contribution in [2.24, 2.45) is 5.92 Å². The summed E-state index contributed by atoms with van der Waals surface area (Å²) < 4.78 is 0. The van der Waals surface area contributed by atoms with Gasteiger partial charge in [0.15, 0.2) is 0 Å². The fraction of sp³-hybridized carbons (Fsp3) is 0.538. The van der Waals surface area contributed by atoms with Crippen molar-refractivity contribution in [1.29, 1.82) is 0 Å². The molecule has 0 spiro atoms. The van der Waals surface area contributed by atoms with Crippen molar-refractivity contribution in [2.45, 2.75) is 6.42 Å². The van der Waals surface area contributed by atoms with E-state index in [0.29, 0.717) is 0 Å². The number of benzene rings is 1. The molecule has 4 heteroatoms. The first-order chi connectivity index (χ1) is 8.16. The van der Waals surface area contributed by atoms with Gasteiger partial charge in [-0.05, 0) is 42.0 Å². The number of rotatable bonds is 4. The van der Waals surface area contributed by atoms with E-state index in [4.69, 9.17) is 11.6 Å². The van der Waals surface area contributed by atoms with Gasteiger partial charge in [-0.2, -0.15) is 11.8 Å². The Bertz CT molecular complexity index is 376. The first kappa shape index (κ1) is 12.9. The lowest BCUT2D eigenvalue weighted by Gasteiger charge is -2.16. The minimum atomic E-state index is 0.806. The average molecular weight is 271 g/mol. The second-order valence-corrected chi connectivity index (χ2v) is 6.23. The van der Waals surface area contributed by atoms with Crippen molar-refractivity contribution in [3.05, 3.63) is 23.2 Å². The number of nitrogens with one attached hydrogen (secondary N) is 1. The molecule has 1 fully saturated rings. The van der Waals surface area contributed by atoms with E-state index in [1.54, 1.807) is 0 Å². The quantitative estimate of drug-likeness (QED) is 0.901. The van der Waals surface area contributed by atoms with Crippen molar-refractivity contribution >= 4 is 34.7 Å². The minimum Gasteiger partial charge on any atom is -0.385 e. The fourth-order valence-electron chi connectivity index (χ4n) is 1.99. The highest BCUT2D eigenvalue weighted by Gasteiger charge is 2.15. The van der Waals surface area contributed by atoms with Gasteiger partial charge in [-0.1, -0.05) is 11.6 Å². The molecule has 0 aromatic heterocycles. The van der Waals surface area contributed by atoms with Crippen molar-refractivity contribution in [2.75, 3.05) is 42.4 Å². The van der Waals surface area contributed by atoms with Crippen LogP contribution in [0.5, 0.6) is 0 Å². The summed E-state index contributed by atoms with van der Waals surface area (Å²) >= 11 is 8.29. The van der Waals surface area contributed by atoms with Crippen LogP contribution in [-0.4, -0.2) is 32.1 Å². The van der Waals surface area contributed by atoms with Crippen LogP contribution in [-0.2, 0) is 0 Å². The zero-order valence-corrected chi connectivity index (χ0v) is 11.9. The van der Waals surface area contributed by atoms with Gasteiger partial charge in [0.25, 0.3) is 0 Å². The molecule has 1 unspecified atom stereocenters. The van der Waals surface area contributed by atoms with Crippen molar-refractivity contribution < 1.29 is 0 Å². The molecule has 2 nitrogen and oxygen atoms in total. The highest BCUT2D eigenvalue weighted by atomic mass is 35.5. The third-order valence-electron chi connectivity index (χ3n) is 3.05. The molecule has 0 saturated carbocycles. The molecule has 0 aliphatic carbocycles. The highest BCUT2D eigenvalue weighted by Crippen LogP contribution is 2.28. The monoisotopic (exact) mass is 270 g/mol.